The van der Waals surface area contributed by atoms with Gasteiger partial charge >= 0.3 is 5.97 Å². The van der Waals surface area contributed by atoms with Gasteiger partial charge in [-0.25, -0.2) is 4.79 Å². The summed E-state index contributed by atoms with van der Waals surface area (Å²) >= 11 is 0. The predicted octanol–water partition coefficient (Wildman–Crippen LogP) is 6.13. The first-order chi connectivity index (χ1) is 17.2. The SMILES string of the molecule is C[S+](=O)(O)c1ccccc1/C(=C(\c1ccc(/C=C/C(=O)O)cc1)c1ccc2n[nH]c(F)c2c1)C1CC1. The second-order valence-corrected chi connectivity index (χ2v) is 11.0. The first-order valence-electron chi connectivity index (χ1n) is 11.4. The lowest BCUT2D eigenvalue weighted by molar-refractivity contribution is -0.131. The number of aromatic nitrogens is 2. The zero-order valence-corrected chi connectivity index (χ0v) is 20.3. The van der Waals surface area contributed by atoms with E-state index >= 15 is 0 Å². The maximum atomic E-state index is 14.4. The molecular formula is C28H24FN2O4S+. The summed E-state index contributed by atoms with van der Waals surface area (Å²) in [6.07, 6.45) is 5.77. The summed E-state index contributed by atoms with van der Waals surface area (Å²) in [5, 5.41) is 15.7. The van der Waals surface area contributed by atoms with E-state index in [2.05, 4.69) is 10.2 Å². The molecule has 0 aliphatic heterocycles. The van der Waals surface area contributed by atoms with E-state index in [0.717, 1.165) is 46.8 Å². The number of hydrogen-bond donors (Lipinski definition) is 3. The molecule has 0 bridgehead atoms. The maximum Gasteiger partial charge on any atom is 0.328 e. The zero-order valence-electron chi connectivity index (χ0n) is 19.4. The molecule has 8 heteroatoms. The van der Waals surface area contributed by atoms with Crippen LogP contribution in [0.15, 0.2) is 77.7 Å². The van der Waals surface area contributed by atoms with Crippen molar-refractivity contribution in [3.05, 3.63) is 101 Å². The molecule has 182 valence electrons. The monoisotopic (exact) mass is 503 g/mol. The van der Waals surface area contributed by atoms with Gasteiger partial charge in [0.1, 0.15) is 6.26 Å². The normalized spacial score (nSPS) is 16.2. The Labute approximate surface area is 208 Å². The molecule has 1 atom stereocenters. The Morgan fingerprint density at radius 1 is 1.08 bits per heavy atom. The highest BCUT2D eigenvalue weighted by Crippen LogP contribution is 2.49. The van der Waals surface area contributed by atoms with Crippen LogP contribution in [0.1, 0.15) is 35.1 Å². The van der Waals surface area contributed by atoms with Crippen molar-refractivity contribution >= 4 is 44.3 Å². The molecule has 1 aliphatic carbocycles. The lowest BCUT2D eigenvalue weighted by Gasteiger charge is -2.18. The summed E-state index contributed by atoms with van der Waals surface area (Å²) in [6, 6.07) is 19.9. The first kappa shape index (κ1) is 23.8. The number of carboxylic acid groups (broad SMARTS) is 1. The molecule has 0 spiro atoms. The number of carbonyl (C=O) groups is 1. The maximum absolute atomic E-state index is 14.4. The summed E-state index contributed by atoms with van der Waals surface area (Å²) in [7, 11) is -3.26. The number of halogens is 1. The molecule has 1 aromatic heterocycles. The molecule has 36 heavy (non-hydrogen) atoms. The average molecular weight is 504 g/mol. The van der Waals surface area contributed by atoms with E-state index in [-0.39, 0.29) is 5.92 Å². The molecule has 1 fully saturated rings. The molecule has 1 saturated carbocycles. The summed E-state index contributed by atoms with van der Waals surface area (Å²) < 4.78 is 37.8. The van der Waals surface area contributed by atoms with E-state index in [1.807, 2.05) is 42.5 Å². The highest BCUT2D eigenvalue weighted by molar-refractivity contribution is 7.97. The predicted molar refractivity (Wildman–Crippen MR) is 139 cm³/mol. The minimum Gasteiger partial charge on any atom is -0.478 e. The number of allylic oxidation sites excluding steroid dienone is 1. The average Bonchev–Trinajstić information content (AvgIpc) is 3.63. The topological polar surface area (TPSA) is 103 Å². The number of carboxylic acids is 1. The van der Waals surface area contributed by atoms with Gasteiger partial charge in [-0.1, -0.05) is 46.7 Å². The Bertz CT molecular complexity index is 1580. The van der Waals surface area contributed by atoms with Crippen LogP contribution in [0.4, 0.5) is 4.39 Å². The van der Waals surface area contributed by atoms with Crippen molar-refractivity contribution in [3.63, 3.8) is 0 Å². The highest BCUT2D eigenvalue weighted by Gasteiger charge is 2.36. The molecule has 1 aliphatic rings. The molecule has 3 N–H and O–H groups in total. The van der Waals surface area contributed by atoms with E-state index in [1.54, 1.807) is 24.3 Å². The van der Waals surface area contributed by atoms with Crippen LogP contribution in [0.5, 0.6) is 0 Å². The van der Waals surface area contributed by atoms with Crippen LogP contribution in [0.2, 0.25) is 0 Å². The van der Waals surface area contributed by atoms with Gasteiger partial charge in [0.2, 0.25) is 16.2 Å². The molecule has 0 radical (unpaired) electrons. The van der Waals surface area contributed by atoms with Crippen LogP contribution in [0, 0.1) is 11.9 Å². The molecule has 4 aromatic rings. The van der Waals surface area contributed by atoms with Gasteiger partial charge in [-0.2, -0.15) is 14.0 Å². The molecular weight excluding hydrogens is 479 g/mol. The fraction of sp³-hybridized carbons (Fsp3) is 0.143. The van der Waals surface area contributed by atoms with Gasteiger partial charge in [-0.3, -0.25) is 5.10 Å². The largest absolute Gasteiger partial charge is 0.478 e. The number of aromatic amines is 1. The molecule has 1 heterocycles. The van der Waals surface area contributed by atoms with Gasteiger partial charge in [0, 0.05) is 11.6 Å². The van der Waals surface area contributed by atoms with Crippen LogP contribution in [-0.2, 0) is 19.2 Å². The van der Waals surface area contributed by atoms with Crippen molar-refractivity contribution in [3.8, 4) is 0 Å². The molecule has 3 aromatic carbocycles. The van der Waals surface area contributed by atoms with Crippen molar-refractivity contribution in [2.75, 3.05) is 6.26 Å². The summed E-state index contributed by atoms with van der Waals surface area (Å²) in [4.78, 5) is 11.3. The smallest absolute Gasteiger partial charge is 0.328 e. The van der Waals surface area contributed by atoms with E-state index in [0.29, 0.717) is 21.4 Å². The summed E-state index contributed by atoms with van der Waals surface area (Å²) in [5.74, 6) is -1.38. The van der Waals surface area contributed by atoms with Gasteiger partial charge in [0.25, 0.3) is 0 Å². The minimum atomic E-state index is -3.26. The summed E-state index contributed by atoms with van der Waals surface area (Å²) in [5.41, 5.74) is 5.29. The third kappa shape index (κ3) is 4.78. The first-order valence-corrected chi connectivity index (χ1v) is 13.4. The van der Waals surface area contributed by atoms with Crippen molar-refractivity contribution in [2.45, 2.75) is 17.7 Å². The van der Waals surface area contributed by atoms with Crippen LogP contribution in [0.25, 0.3) is 28.1 Å². The van der Waals surface area contributed by atoms with Crippen molar-refractivity contribution in [2.24, 2.45) is 5.92 Å². The number of aliphatic carboxylic acids is 1. The van der Waals surface area contributed by atoms with E-state index < -0.39 is 22.1 Å². The third-order valence-corrected chi connectivity index (χ3v) is 7.43. The van der Waals surface area contributed by atoms with Crippen LogP contribution < -0.4 is 0 Å². The number of rotatable bonds is 7. The fourth-order valence-corrected chi connectivity index (χ4v) is 5.41. The van der Waals surface area contributed by atoms with Crippen LogP contribution >= 0.6 is 0 Å². The molecule has 1 unspecified atom stereocenters. The summed E-state index contributed by atoms with van der Waals surface area (Å²) in [6.45, 7) is 0. The number of fused-ring (bicyclic) bond motifs is 1. The highest BCUT2D eigenvalue weighted by atomic mass is 32.3. The van der Waals surface area contributed by atoms with Crippen LogP contribution in [0.3, 0.4) is 0 Å². The van der Waals surface area contributed by atoms with Gasteiger partial charge in [0.15, 0.2) is 4.90 Å². The minimum absolute atomic E-state index is 0.180. The van der Waals surface area contributed by atoms with E-state index in [9.17, 15) is 17.9 Å². The van der Waals surface area contributed by atoms with Crippen molar-refractivity contribution in [1.29, 1.82) is 0 Å². The van der Waals surface area contributed by atoms with Crippen molar-refractivity contribution < 1.29 is 23.1 Å². The van der Waals surface area contributed by atoms with E-state index in [1.165, 1.54) is 12.3 Å². The Morgan fingerprint density at radius 2 is 1.78 bits per heavy atom. The fourth-order valence-electron chi connectivity index (χ4n) is 4.49. The zero-order chi connectivity index (χ0) is 25.4. The Kier molecular flexibility index (Phi) is 6.15. The number of nitrogens with one attached hydrogen (secondary N) is 1. The quantitative estimate of drug-likeness (QED) is 0.160. The number of hydrogen-bond acceptors (Lipinski definition) is 3. The third-order valence-electron chi connectivity index (χ3n) is 6.25. The Morgan fingerprint density at radius 3 is 2.44 bits per heavy atom. The lowest BCUT2D eigenvalue weighted by atomic mass is 9.86. The standard InChI is InChI=1S/C28H23FN2O4S/c1-36(34,35)24-5-3-2-4-21(24)27(19-11-12-19)26(18-9-6-17(7-10-18)8-15-25(32)33)20-13-14-23-22(16-20)28(29)31-30-23/h2-10,13-16,19H,11-12H2,1H3,(H2-,30,31,32,33,34,35)/p+1/b15-8+. The van der Waals surface area contributed by atoms with Crippen molar-refractivity contribution in [1.82, 2.24) is 10.2 Å². The number of nitrogens with zero attached hydrogens (tertiary/aromatic N) is 1. The van der Waals surface area contributed by atoms with Gasteiger partial charge in [-0.15, -0.1) is 0 Å². The molecule has 0 amide bonds. The molecule has 6 nitrogen and oxygen atoms in total. The number of H-pyrrole nitrogens is 1. The van der Waals surface area contributed by atoms with Crippen LogP contribution in [-0.4, -0.2) is 32.1 Å². The second kappa shape index (κ2) is 9.29. The Hall–Kier alpha value is -3.88. The number of benzene rings is 3. The molecule has 5 rings (SSSR count). The van der Waals surface area contributed by atoms with E-state index in [4.69, 9.17) is 5.11 Å². The van der Waals surface area contributed by atoms with Gasteiger partial charge in [0.05, 0.1) is 10.9 Å². The van der Waals surface area contributed by atoms with Gasteiger partial charge < -0.3 is 5.11 Å². The molecule has 0 saturated heterocycles. The Balaban J connectivity index is 1.79. The van der Waals surface area contributed by atoms with Gasteiger partial charge in [-0.05, 0) is 76.9 Å². The lowest BCUT2D eigenvalue weighted by Crippen LogP contribution is -2.10. The second-order valence-electron chi connectivity index (χ2n) is 8.92.